The Balaban J connectivity index is 2.22. The van der Waals surface area contributed by atoms with Crippen molar-refractivity contribution in [2.75, 3.05) is 11.1 Å². The van der Waals surface area contributed by atoms with Crippen LogP contribution in [0.4, 0.5) is 11.4 Å². The number of anilines is 2. The highest BCUT2D eigenvalue weighted by Gasteiger charge is 2.13. The van der Waals surface area contributed by atoms with Gasteiger partial charge < -0.3 is 15.6 Å². The summed E-state index contributed by atoms with van der Waals surface area (Å²) in [5.41, 5.74) is 8.20. The maximum Gasteiger partial charge on any atom is 0.272 e. The minimum atomic E-state index is -0.194. The lowest BCUT2D eigenvalue weighted by atomic mass is 10.3. The van der Waals surface area contributed by atoms with Gasteiger partial charge in [-0.25, -0.2) is 0 Å². The van der Waals surface area contributed by atoms with Crippen LogP contribution in [0.3, 0.4) is 0 Å². The zero-order valence-corrected chi connectivity index (χ0v) is 10.1. The molecular weight excluding hydrogens is 218 g/mol. The summed E-state index contributed by atoms with van der Waals surface area (Å²) in [5, 5.41) is 6.96. The van der Waals surface area contributed by atoms with Crippen molar-refractivity contribution in [1.29, 1.82) is 0 Å². The molecule has 17 heavy (non-hydrogen) atoms. The van der Waals surface area contributed by atoms with Crippen molar-refractivity contribution in [3.8, 4) is 0 Å². The fourth-order valence-corrected chi connectivity index (χ4v) is 1.72. The summed E-state index contributed by atoms with van der Waals surface area (Å²) in [4.78, 5) is 12.0. The molecule has 2 rings (SSSR count). The Morgan fingerprint density at radius 3 is 2.59 bits per heavy atom. The first-order chi connectivity index (χ1) is 7.97. The summed E-state index contributed by atoms with van der Waals surface area (Å²) in [5.74, 6) is -0.194. The number of nitrogens with one attached hydrogen (secondary N) is 1. The van der Waals surface area contributed by atoms with Gasteiger partial charge in [-0.1, -0.05) is 0 Å². The van der Waals surface area contributed by atoms with Gasteiger partial charge in [0.15, 0.2) is 0 Å². The predicted octanol–water partition coefficient (Wildman–Crippen LogP) is 0.902. The van der Waals surface area contributed by atoms with Crippen LogP contribution in [0, 0.1) is 6.92 Å². The molecule has 0 fully saturated rings. The van der Waals surface area contributed by atoms with E-state index in [-0.39, 0.29) is 5.91 Å². The molecule has 0 aromatic carbocycles. The molecule has 0 atom stereocenters. The standard InChI is InChI=1S/C11H15N5O/c1-7-9(6-16(3)14-7)13-11(17)10-4-8(12)5-15(10)2/h4-6H,12H2,1-3H3,(H,13,17). The van der Waals surface area contributed by atoms with Crippen molar-refractivity contribution in [2.24, 2.45) is 14.1 Å². The summed E-state index contributed by atoms with van der Waals surface area (Å²) < 4.78 is 3.35. The van der Waals surface area contributed by atoms with E-state index < -0.39 is 0 Å². The topological polar surface area (TPSA) is 77.9 Å². The van der Waals surface area contributed by atoms with Crippen LogP contribution in [-0.4, -0.2) is 20.3 Å². The summed E-state index contributed by atoms with van der Waals surface area (Å²) in [6.45, 7) is 1.84. The highest BCUT2D eigenvalue weighted by atomic mass is 16.2. The van der Waals surface area contributed by atoms with Crippen LogP contribution < -0.4 is 11.1 Å². The number of rotatable bonds is 2. The quantitative estimate of drug-likeness (QED) is 0.809. The number of carbonyl (C=O) groups is 1. The van der Waals surface area contributed by atoms with Crippen LogP contribution in [0.2, 0.25) is 0 Å². The molecule has 1 amide bonds. The predicted molar refractivity (Wildman–Crippen MR) is 65.7 cm³/mol. The van der Waals surface area contributed by atoms with Crippen molar-refractivity contribution < 1.29 is 4.79 Å². The molecule has 0 saturated heterocycles. The molecule has 0 spiro atoms. The monoisotopic (exact) mass is 233 g/mol. The molecule has 3 N–H and O–H groups in total. The van der Waals surface area contributed by atoms with Crippen molar-refractivity contribution in [3.05, 3.63) is 29.8 Å². The van der Waals surface area contributed by atoms with Gasteiger partial charge in [0.05, 0.1) is 17.1 Å². The van der Waals surface area contributed by atoms with Crippen molar-refractivity contribution in [1.82, 2.24) is 14.3 Å². The minimum Gasteiger partial charge on any atom is -0.397 e. The second-order valence-electron chi connectivity index (χ2n) is 4.03. The van der Waals surface area contributed by atoms with Crippen LogP contribution in [0.15, 0.2) is 18.5 Å². The summed E-state index contributed by atoms with van der Waals surface area (Å²) >= 11 is 0. The molecule has 0 aliphatic rings. The number of carbonyl (C=O) groups excluding carboxylic acids is 1. The molecule has 0 unspecified atom stereocenters. The van der Waals surface area contributed by atoms with E-state index in [4.69, 9.17) is 5.73 Å². The Morgan fingerprint density at radius 1 is 1.41 bits per heavy atom. The number of aryl methyl sites for hydroxylation is 3. The molecular formula is C11H15N5O. The SMILES string of the molecule is Cc1nn(C)cc1NC(=O)c1cc(N)cn1C. The van der Waals surface area contributed by atoms with E-state index in [1.54, 1.807) is 34.8 Å². The third kappa shape index (κ3) is 2.15. The van der Waals surface area contributed by atoms with Gasteiger partial charge in [0.2, 0.25) is 0 Å². The zero-order chi connectivity index (χ0) is 12.6. The lowest BCUT2D eigenvalue weighted by molar-refractivity contribution is 0.101. The maximum absolute atomic E-state index is 12.0. The zero-order valence-electron chi connectivity index (χ0n) is 10.1. The Bertz CT molecular complexity index is 566. The van der Waals surface area contributed by atoms with Gasteiger partial charge in [0.25, 0.3) is 5.91 Å². The summed E-state index contributed by atoms with van der Waals surface area (Å²) in [6, 6.07) is 1.64. The second kappa shape index (κ2) is 3.97. The molecule has 90 valence electrons. The maximum atomic E-state index is 12.0. The van der Waals surface area contributed by atoms with Crippen molar-refractivity contribution in [3.63, 3.8) is 0 Å². The Morgan fingerprint density at radius 2 is 2.12 bits per heavy atom. The molecule has 0 saturated carbocycles. The molecule has 2 aromatic rings. The van der Waals surface area contributed by atoms with Gasteiger partial charge in [-0.05, 0) is 13.0 Å². The molecule has 2 heterocycles. The normalized spacial score (nSPS) is 10.5. The van der Waals surface area contributed by atoms with Gasteiger partial charge in [-0.2, -0.15) is 5.10 Å². The van der Waals surface area contributed by atoms with Gasteiger partial charge in [-0.15, -0.1) is 0 Å². The number of hydrogen-bond acceptors (Lipinski definition) is 3. The lowest BCUT2D eigenvalue weighted by Gasteiger charge is -2.04. The highest BCUT2D eigenvalue weighted by Crippen LogP contribution is 2.15. The van der Waals surface area contributed by atoms with Gasteiger partial charge in [0.1, 0.15) is 5.69 Å². The lowest BCUT2D eigenvalue weighted by Crippen LogP contribution is -2.15. The summed E-state index contributed by atoms with van der Waals surface area (Å²) in [6.07, 6.45) is 3.46. The van der Waals surface area contributed by atoms with Gasteiger partial charge >= 0.3 is 0 Å². The number of amides is 1. The van der Waals surface area contributed by atoms with E-state index in [0.717, 1.165) is 5.69 Å². The van der Waals surface area contributed by atoms with E-state index >= 15 is 0 Å². The molecule has 0 aliphatic carbocycles. The Hall–Kier alpha value is -2.24. The van der Waals surface area contributed by atoms with Crippen LogP contribution in [0.1, 0.15) is 16.2 Å². The summed E-state index contributed by atoms with van der Waals surface area (Å²) in [7, 11) is 3.59. The van der Waals surface area contributed by atoms with Crippen LogP contribution in [0.25, 0.3) is 0 Å². The number of hydrogen-bond donors (Lipinski definition) is 2. The average Bonchev–Trinajstić information content (AvgIpc) is 2.70. The molecule has 0 bridgehead atoms. The molecule has 6 heteroatoms. The molecule has 6 nitrogen and oxygen atoms in total. The first-order valence-electron chi connectivity index (χ1n) is 5.21. The van der Waals surface area contributed by atoms with Crippen molar-refractivity contribution >= 4 is 17.3 Å². The first-order valence-corrected chi connectivity index (χ1v) is 5.21. The third-order valence-corrected chi connectivity index (χ3v) is 2.52. The van der Waals surface area contributed by atoms with Crippen LogP contribution in [-0.2, 0) is 14.1 Å². The number of nitrogens with zero attached hydrogens (tertiary/aromatic N) is 3. The van der Waals surface area contributed by atoms with E-state index in [2.05, 4.69) is 10.4 Å². The fourth-order valence-electron chi connectivity index (χ4n) is 1.72. The van der Waals surface area contributed by atoms with E-state index in [9.17, 15) is 4.79 Å². The fraction of sp³-hybridized carbons (Fsp3) is 0.273. The Kier molecular flexibility index (Phi) is 2.63. The smallest absolute Gasteiger partial charge is 0.272 e. The number of nitrogen functional groups attached to an aromatic ring is 1. The van der Waals surface area contributed by atoms with Crippen LogP contribution in [0.5, 0.6) is 0 Å². The number of aromatic nitrogens is 3. The van der Waals surface area contributed by atoms with Crippen molar-refractivity contribution in [2.45, 2.75) is 6.92 Å². The van der Waals surface area contributed by atoms with E-state index in [1.165, 1.54) is 0 Å². The largest absolute Gasteiger partial charge is 0.397 e. The van der Waals surface area contributed by atoms with E-state index in [0.29, 0.717) is 17.1 Å². The van der Waals surface area contributed by atoms with E-state index in [1.807, 2.05) is 14.0 Å². The molecule has 0 aliphatic heterocycles. The first kappa shape index (κ1) is 11.3. The highest BCUT2D eigenvalue weighted by molar-refractivity contribution is 6.04. The van der Waals surface area contributed by atoms with Crippen LogP contribution >= 0.6 is 0 Å². The minimum absolute atomic E-state index is 0.194. The second-order valence-corrected chi connectivity index (χ2v) is 4.03. The van der Waals surface area contributed by atoms with Gasteiger partial charge in [-0.3, -0.25) is 9.48 Å². The number of nitrogens with two attached hydrogens (primary N) is 1. The molecule has 2 aromatic heterocycles. The third-order valence-electron chi connectivity index (χ3n) is 2.52. The molecule has 0 radical (unpaired) electrons. The average molecular weight is 233 g/mol. The van der Waals surface area contributed by atoms with Gasteiger partial charge in [0, 0.05) is 26.5 Å². The Labute approximate surface area is 99.0 Å².